The van der Waals surface area contributed by atoms with E-state index in [2.05, 4.69) is 49.4 Å². The number of hydrogen-bond acceptors (Lipinski definition) is 2. The lowest BCUT2D eigenvalue weighted by Gasteiger charge is -1.98. The second kappa shape index (κ2) is 9.46. The Morgan fingerprint density at radius 1 is 1.10 bits per heavy atom. The largest absolute Gasteiger partial charge is 0.462 e. The molecule has 114 valence electrons. The van der Waals surface area contributed by atoms with E-state index < -0.39 is 0 Å². The molecule has 1 aliphatic rings. The number of ether oxygens (including phenoxy) is 1. The van der Waals surface area contributed by atoms with Crippen LogP contribution in [0.3, 0.4) is 0 Å². The van der Waals surface area contributed by atoms with Crippen molar-refractivity contribution in [1.82, 2.24) is 0 Å². The fraction of sp³-hybridized carbons (Fsp3) is 0.389. The SMILES string of the molecule is CC.C[SH+]C1CCOC1=O.Cc1cccc2ccccc12. The number of cyclic esters (lactones) is 1. The van der Waals surface area contributed by atoms with E-state index >= 15 is 0 Å². The van der Waals surface area contributed by atoms with Gasteiger partial charge in [-0.15, -0.1) is 0 Å². The molecular formula is C18H25O2S+. The van der Waals surface area contributed by atoms with Gasteiger partial charge in [0.05, 0.1) is 12.9 Å². The van der Waals surface area contributed by atoms with E-state index in [9.17, 15) is 4.79 Å². The zero-order valence-electron chi connectivity index (χ0n) is 13.3. The van der Waals surface area contributed by atoms with Gasteiger partial charge < -0.3 is 4.74 Å². The van der Waals surface area contributed by atoms with Crippen molar-refractivity contribution in [1.29, 1.82) is 0 Å². The van der Waals surface area contributed by atoms with Gasteiger partial charge in [0.15, 0.2) is 0 Å². The van der Waals surface area contributed by atoms with Crippen LogP contribution in [0.5, 0.6) is 0 Å². The van der Waals surface area contributed by atoms with Gasteiger partial charge in [0.2, 0.25) is 5.25 Å². The molecule has 2 nitrogen and oxygen atoms in total. The number of carbonyl (C=O) groups excluding carboxylic acids is 1. The van der Waals surface area contributed by atoms with Crippen molar-refractivity contribution < 1.29 is 9.53 Å². The first-order chi connectivity index (χ1) is 10.2. The number of thiol groups is 1. The van der Waals surface area contributed by atoms with Crippen molar-refractivity contribution in [3.8, 4) is 0 Å². The molecule has 1 heterocycles. The van der Waals surface area contributed by atoms with E-state index in [0.29, 0.717) is 6.61 Å². The molecule has 2 aromatic carbocycles. The number of aryl methyl sites for hydroxylation is 1. The molecule has 2 aromatic rings. The normalized spacial score (nSPS) is 16.4. The summed E-state index contributed by atoms with van der Waals surface area (Å²) >= 11 is 1.14. The van der Waals surface area contributed by atoms with E-state index in [1.54, 1.807) is 0 Å². The third-order valence-corrected chi connectivity index (χ3v) is 4.32. The Morgan fingerprint density at radius 3 is 2.29 bits per heavy atom. The van der Waals surface area contributed by atoms with Crippen molar-refractivity contribution >= 4 is 28.5 Å². The number of esters is 1. The van der Waals surface area contributed by atoms with E-state index in [1.807, 2.05) is 20.1 Å². The molecule has 0 bridgehead atoms. The molecule has 0 aliphatic carbocycles. The minimum atomic E-state index is -0.0193. The number of carbonyl (C=O) groups is 1. The molecule has 1 saturated heterocycles. The van der Waals surface area contributed by atoms with Crippen molar-refractivity contribution in [2.24, 2.45) is 0 Å². The summed E-state index contributed by atoms with van der Waals surface area (Å²) in [4.78, 5) is 10.6. The first-order valence-electron chi connectivity index (χ1n) is 7.42. The molecule has 1 aliphatic heterocycles. The lowest BCUT2D eigenvalue weighted by molar-refractivity contribution is -0.137. The molecule has 1 unspecified atom stereocenters. The summed E-state index contributed by atoms with van der Waals surface area (Å²) in [6, 6.07) is 14.8. The molecule has 1 fully saturated rings. The van der Waals surface area contributed by atoms with E-state index in [1.165, 1.54) is 16.3 Å². The van der Waals surface area contributed by atoms with Gasteiger partial charge in [-0.25, -0.2) is 4.79 Å². The summed E-state index contributed by atoms with van der Waals surface area (Å²) in [5.41, 5.74) is 1.35. The average molecular weight is 305 g/mol. The summed E-state index contributed by atoms with van der Waals surface area (Å²) in [7, 11) is 0. The van der Waals surface area contributed by atoms with E-state index in [-0.39, 0.29) is 11.2 Å². The Labute approximate surface area is 131 Å². The van der Waals surface area contributed by atoms with Crippen molar-refractivity contribution in [2.75, 3.05) is 12.9 Å². The highest BCUT2D eigenvalue weighted by Crippen LogP contribution is 2.16. The molecule has 3 heteroatoms. The molecule has 1 atom stereocenters. The van der Waals surface area contributed by atoms with Gasteiger partial charge in [0.1, 0.15) is 0 Å². The van der Waals surface area contributed by atoms with Crippen LogP contribution in [0.25, 0.3) is 10.8 Å². The molecular weight excluding hydrogens is 280 g/mol. The van der Waals surface area contributed by atoms with E-state index in [0.717, 1.165) is 18.2 Å². The van der Waals surface area contributed by atoms with Crippen LogP contribution in [-0.2, 0) is 21.3 Å². The van der Waals surface area contributed by atoms with Gasteiger partial charge in [-0.05, 0) is 35.0 Å². The van der Waals surface area contributed by atoms with Gasteiger partial charge >= 0.3 is 5.97 Å². The summed E-state index contributed by atoms with van der Waals surface area (Å²) in [5, 5.41) is 2.86. The van der Waals surface area contributed by atoms with Crippen LogP contribution < -0.4 is 0 Å². The monoisotopic (exact) mass is 305 g/mol. The first-order valence-corrected chi connectivity index (χ1v) is 8.83. The fourth-order valence-electron chi connectivity index (χ4n) is 2.11. The molecule has 0 spiro atoms. The van der Waals surface area contributed by atoms with Crippen LogP contribution in [0.2, 0.25) is 0 Å². The Kier molecular flexibility index (Phi) is 7.91. The van der Waals surface area contributed by atoms with Crippen molar-refractivity contribution in [2.45, 2.75) is 32.4 Å². The highest BCUT2D eigenvalue weighted by molar-refractivity contribution is 7.79. The third-order valence-electron chi connectivity index (χ3n) is 3.23. The molecule has 0 N–H and O–H groups in total. The topological polar surface area (TPSA) is 26.3 Å². The predicted molar refractivity (Wildman–Crippen MR) is 94.1 cm³/mol. The van der Waals surface area contributed by atoms with Gasteiger partial charge in [-0.2, -0.15) is 0 Å². The Morgan fingerprint density at radius 2 is 1.76 bits per heavy atom. The smallest absolute Gasteiger partial charge is 0.359 e. The van der Waals surface area contributed by atoms with Crippen LogP contribution in [0.1, 0.15) is 25.8 Å². The van der Waals surface area contributed by atoms with Gasteiger partial charge in [0.25, 0.3) is 0 Å². The van der Waals surface area contributed by atoms with Crippen LogP contribution in [0, 0.1) is 6.92 Å². The van der Waals surface area contributed by atoms with E-state index in [4.69, 9.17) is 4.74 Å². The Bertz CT molecular complexity index is 561. The van der Waals surface area contributed by atoms with Crippen molar-refractivity contribution in [3.63, 3.8) is 0 Å². The first kappa shape index (κ1) is 17.6. The van der Waals surface area contributed by atoms with Crippen LogP contribution >= 0.6 is 0 Å². The maximum absolute atomic E-state index is 10.6. The second-order valence-corrected chi connectivity index (χ2v) is 5.67. The highest BCUT2D eigenvalue weighted by Gasteiger charge is 2.30. The Balaban J connectivity index is 0.000000196. The quantitative estimate of drug-likeness (QED) is 0.453. The van der Waals surface area contributed by atoms with Crippen LogP contribution in [-0.4, -0.2) is 24.1 Å². The minimum Gasteiger partial charge on any atom is -0.462 e. The fourth-order valence-corrected chi connectivity index (χ4v) is 2.76. The molecule has 3 rings (SSSR count). The van der Waals surface area contributed by atoms with Gasteiger partial charge in [-0.3, -0.25) is 0 Å². The zero-order chi connectivity index (χ0) is 15.7. The number of hydrogen-bond donors (Lipinski definition) is 0. The molecule has 21 heavy (non-hydrogen) atoms. The molecule has 0 radical (unpaired) electrons. The molecule has 0 aromatic heterocycles. The molecule has 0 saturated carbocycles. The van der Waals surface area contributed by atoms with Gasteiger partial charge in [0, 0.05) is 6.42 Å². The van der Waals surface area contributed by atoms with Crippen LogP contribution in [0.4, 0.5) is 0 Å². The maximum Gasteiger partial charge on any atom is 0.359 e. The molecule has 0 amide bonds. The maximum atomic E-state index is 10.6. The lowest BCUT2D eigenvalue weighted by Crippen LogP contribution is -2.14. The predicted octanol–water partition coefficient (Wildman–Crippen LogP) is 3.92. The lowest BCUT2D eigenvalue weighted by atomic mass is 10.1. The summed E-state index contributed by atoms with van der Waals surface area (Å²) in [6.45, 7) is 6.77. The standard InChI is InChI=1S/C11H10.C5H8O2S.C2H6/c1-9-5-4-7-10-6-2-3-8-11(9)10;1-8-4-2-3-7-5(4)6;1-2/h2-8H,1H3;4H,2-3H2,1H3;1-2H3/p+1. The summed E-state index contributed by atoms with van der Waals surface area (Å²) < 4.78 is 4.71. The number of benzene rings is 2. The summed E-state index contributed by atoms with van der Waals surface area (Å²) in [6.07, 6.45) is 2.90. The zero-order valence-corrected chi connectivity index (χ0v) is 14.2. The van der Waals surface area contributed by atoms with Crippen molar-refractivity contribution in [3.05, 3.63) is 48.0 Å². The van der Waals surface area contributed by atoms with Gasteiger partial charge in [-0.1, -0.05) is 56.3 Å². The second-order valence-electron chi connectivity index (χ2n) is 4.53. The Hall–Kier alpha value is -1.48. The highest BCUT2D eigenvalue weighted by atomic mass is 32.2. The number of fused-ring (bicyclic) bond motifs is 1. The average Bonchev–Trinajstić information content (AvgIpc) is 2.96. The summed E-state index contributed by atoms with van der Waals surface area (Å²) in [5.74, 6) is -0.0193. The third kappa shape index (κ3) is 5.09. The number of rotatable bonds is 1. The minimum absolute atomic E-state index is 0.0193. The van der Waals surface area contributed by atoms with Crippen LogP contribution in [0.15, 0.2) is 42.5 Å².